The number of carbonyl (C=O) groups is 2. The SMILES string of the molecule is CC(C)(C)OC(=O)Oc1ccc(CC(=O)c2cccnc2)cc1. The van der Waals surface area contributed by atoms with Crippen LogP contribution in [0, 0.1) is 0 Å². The molecule has 0 aliphatic carbocycles. The van der Waals surface area contributed by atoms with Gasteiger partial charge in [-0.2, -0.15) is 0 Å². The van der Waals surface area contributed by atoms with Crippen LogP contribution in [0.3, 0.4) is 0 Å². The molecule has 23 heavy (non-hydrogen) atoms. The second-order valence-corrected chi connectivity index (χ2v) is 6.05. The number of rotatable bonds is 4. The summed E-state index contributed by atoms with van der Waals surface area (Å²) >= 11 is 0. The lowest BCUT2D eigenvalue weighted by Gasteiger charge is -2.18. The van der Waals surface area contributed by atoms with Crippen molar-refractivity contribution in [2.45, 2.75) is 32.8 Å². The monoisotopic (exact) mass is 313 g/mol. The van der Waals surface area contributed by atoms with Gasteiger partial charge in [-0.3, -0.25) is 9.78 Å². The third-order valence-electron chi connectivity index (χ3n) is 2.86. The molecular formula is C18H19NO4. The van der Waals surface area contributed by atoms with E-state index < -0.39 is 11.8 Å². The summed E-state index contributed by atoms with van der Waals surface area (Å²) in [6, 6.07) is 10.2. The van der Waals surface area contributed by atoms with Gasteiger partial charge in [0.2, 0.25) is 0 Å². The molecule has 0 saturated heterocycles. The fourth-order valence-corrected chi connectivity index (χ4v) is 1.86. The van der Waals surface area contributed by atoms with E-state index in [9.17, 15) is 9.59 Å². The van der Waals surface area contributed by atoms with Crippen LogP contribution in [0.1, 0.15) is 36.7 Å². The number of hydrogen-bond donors (Lipinski definition) is 0. The van der Waals surface area contributed by atoms with Crippen LogP contribution in [0.15, 0.2) is 48.8 Å². The topological polar surface area (TPSA) is 65.5 Å². The minimum atomic E-state index is -0.753. The summed E-state index contributed by atoms with van der Waals surface area (Å²) < 4.78 is 10.2. The standard InChI is InChI=1S/C18H19NO4/c1-18(2,3)23-17(21)22-15-8-6-13(7-9-15)11-16(20)14-5-4-10-19-12-14/h4-10,12H,11H2,1-3H3. The van der Waals surface area contributed by atoms with E-state index in [4.69, 9.17) is 9.47 Å². The maximum Gasteiger partial charge on any atom is 0.514 e. The van der Waals surface area contributed by atoms with Crippen molar-refractivity contribution in [2.24, 2.45) is 0 Å². The second kappa shape index (κ2) is 7.05. The Morgan fingerprint density at radius 2 is 1.78 bits per heavy atom. The smallest absolute Gasteiger partial charge is 0.428 e. The van der Waals surface area contributed by atoms with E-state index >= 15 is 0 Å². The first kappa shape index (κ1) is 16.7. The Balaban J connectivity index is 1.95. The van der Waals surface area contributed by atoms with Gasteiger partial charge in [0.25, 0.3) is 0 Å². The van der Waals surface area contributed by atoms with Crippen molar-refractivity contribution in [1.82, 2.24) is 4.98 Å². The van der Waals surface area contributed by atoms with Crippen LogP contribution < -0.4 is 4.74 Å². The number of pyridine rings is 1. The Hall–Kier alpha value is -2.69. The van der Waals surface area contributed by atoms with E-state index in [1.54, 1.807) is 69.6 Å². The predicted octanol–water partition coefficient (Wildman–Crippen LogP) is 3.82. The quantitative estimate of drug-likeness (QED) is 0.488. The third kappa shape index (κ3) is 5.54. The molecule has 5 heteroatoms. The largest absolute Gasteiger partial charge is 0.514 e. The lowest BCUT2D eigenvalue weighted by atomic mass is 10.0. The minimum absolute atomic E-state index is 0.0149. The van der Waals surface area contributed by atoms with Crippen molar-refractivity contribution in [3.63, 3.8) is 0 Å². The average Bonchev–Trinajstić information content (AvgIpc) is 2.48. The molecule has 2 aromatic rings. The maximum absolute atomic E-state index is 12.1. The van der Waals surface area contributed by atoms with Gasteiger partial charge in [-0.1, -0.05) is 12.1 Å². The number of carbonyl (C=O) groups excluding carboxylic acids is 2. The molecule has 0 spiro atoms. The summed E-state index contributed by atoms with van der Waals surface area (Å²) in [6.07, 6.45) is 2.68. The molecule has 0 saturated carbocycles. The molecule has 0 fully saturated rings. The molecule has 5 nitrogen and oxygen atoms in total. The van der Waals surface area contributed by atoms with E-state index in [0.717, 1.165) is 5.56 Å². The van der Waals surface area contributed by atoms with Crippen molar-refractivity contribution in [2.75, 3.05) is 0 Å². The molecule has 1 aromatic carbocycles. The van der Waals surface area contributed by atoms with E-state index in [0.29, 0.717) is 11.3 Å². The fraction of sp³-hybridized carbons (Fsp3) is 0.278. The molecule has 0 unspecified atom stereocenters. The lowest BCUT2D eigenvalue weighted by Crippen LogP contribution is -2.25. The molecule has 0 radical (unpaired) electrons. The van der Waals surface area contributed by atoms with Gasteiger partial charge in [-0.05, 0) is 50.6 Å². The number of nitrogens with zero attached hydrogens (tertiary/aromatic N) is 1. The Bertz CT molecular complexity index is 672. The molecule has 1 heterocycles. The summed E-state index contributed by atoms with van der Waals surface area (Å²) in [4.78, 5) is 27.6. The highest BCUT2D eigenvalue weighted by molar-refractivity contribution is 5.97. The van der Waals surface area contributed by atoms with Crippen LogP contribution in [-0.2, 0) is 11.2 Å². The van der Waals surface area contributed by atoms with Crippen LogP contribution in [0.25, 0.3) is 0 Å². The van der Waals surface area contributed by atoms with Crippen LogP contribution in [0.4, 0.5) is 4.79 Å². The summed E-state index contributed by atoms with van der Waals surface area (Å²) in [5, 5.41) is 0. The highest BCUT2D eigenvalue weighted by Gasteiger charge is 2.18. The van der Waals surface area contributed by atoms with Gasteiger partial charge in [-0.25, -0.2) is 4.79 Å². The molecule has 1 aromatic heterocycles. The lowest BCUT2D eigenvalue weighted by molar-refractivity contribution is 0.0206. The van der Waals surface area contributed by atoms with Gasteiger partial charge in [0.1, 0.15) is 11.4 Å². The van der Waals surface area contributed by atoms with Crippen LogP contribution in [0.5, 0.6) is 5.75 Å². The van der Waals surface area contributed by atoms with Gasteiger partial charge in [0.05, 0.1) is 0 Å². The first-order valence-corrected chi connectivity index (χ1v) is 7.26. The van der Waals surface area contributed by atoms with Gasteiger partial charge in [-0.15, -0.1) is 0 Å². The van der Waals surface area contributed by atoms with Crippen molar-refractivity contribution >= 4 is 11.9 Å². The van der Waals surface area contributed by atoms with Gasteiger partial charge < -0.3 is 9.47 Å². The van der Waals surface area contributed by atoms with E-state index in [1.807, 2.05) is 0 Å². The zero-order chi connectivity index (χ0) is 16.9. The van der Waals surface area contributed by atoms with E-state index in [1.165, 1.54) is 0 Å². The Morgan fingerprint density at radius 1 is 1.09 bits per heavy atom. The molecule has 2 rings (SSSR count). The zero-order valence-corrected chi connectivity index (χ0v) is 13.4. The first-order valence-electron chi connectivity index (χ1n) is 7.26. The van der Waals surface area contributed by atoms with E-state index in [2.05, 4.69) is 4.98 Å². The average molecular weight is 313 g/mol. The number of Topliss-reactive ketones (excluding diaryl/α,β-unsaturated/α-hetero) is 1. The van der Waals surface area contributed by atoms with Crippen LogP contribution in [0.2, 0.25) is 0 Å². The van der Waals surface area contributed by atoms with Gasteiger partial charge >= 0.3 is 6.16 Å². The summed E-state index contributed by atoms with van der Waals surface area (Å²) in [6.45, 7) is 5.30. The Morgan fingerprint density at radius 3 is 2.35 bits per heavy atom. The molecule has 0 bridgehead atoms. The van der Waals surface area contributed by atoms with Crippen molar-refractivity contribution in [1.29, 1.82) is 0 Å². The minimum Gasteiger partial charge on any atom is -0.428 e. The number of hydrogen-bond acceptors (Lipinski definition) is 5. The number of benzene rings is 1. The Kier molecular flexibility index (Phi) is 5.11. The van der Waals surface area contributed by atoms with Crippen molar-refractivity contribution in [3.8, 4) is 5.75 Å². The summed E-state index contributed by atoms with van der Waals surface area (Å²) in [5.41, 5.74) is 0.796. The number of aromatic nitrogens is 1. The predicted molar refractivity (Wildman–Crippen MR) is 85.6 cm³/mol. The summed E-state index contributed by atoms with van der Waals surface area (Å²) in [7, 11) is 0. The number of ether oxygens (including phenoxy) is 2. The van der Waals surface area contributed by atoms with Crippen LogP contribution >= 0.6 is 0 Å². The highest BCUT2D eigenvalue weighted by atomic mass is 16.7. The third-order valence-corrected chi connectivity index (χ3v) is 2.86. The fourth-order valence-electron chi connectivity index (χ4n) is 1.86. The zero-order valence-electron chi connectivity index (χ0n) is 13.4. The van der Waals surface area contributed by atoms with Crippen molar-refractivity contribution in [3.05, 3.63) is 59.9 Å². The number of ketones is 1. The molecule has 0 atom stereocenters. The second-order valence-electron chi connectivity index (χ2n) is 6.05. The van der Waals surface area contributed by atoms with Gasteiger partial charge in [0, 0.05) is 24.4 Å². The molecular weight excluding hydrogens is 294 g/mol. The molecule has 120 valence electrons. The Labute approximate surface area is 135 Å². The normalized spacial score (nSPS) is 10.9. The molecule has 0 amide bonds. The first-order chi connectivity index (χ1) is 10.8. The van der Waals surface area contributed by atoms with Crippen molar-refractivity contribution < 1.29 is 19.1 Å². The highest BCUT2D eigenvalue weighted by Crippen LogP contribution is 2.16. The maximum atomic E-state index is 12.1. The molecule has 0 aliphatic heterocycles. The molecule has 0 N–H and O–H groups in total. The van der Waals surface area contributed by atoms with Gasteiger partial charge in [0.15, 0.2) is 5.78 Å². The summed E-state index contributed by atoms with van der Waals surface area (Å²) in [5.74, 6) is 0.357. The molecule has 0 aliphatic rings. The van der Waals surface area contributed by atoms with Crippen LogP contribution in [-0.4, -0.2) is 22.5 Å². The van der Waals surface area contributed by atoms with E-state index in [-0.39, 0.29) is 12.2 Å².